The zero-order valence-corrected chi connectivity index (χ0v) is 5.60. The van der Waals surface area contributed by atoms with Crippen LogP contribution in [0.3, 0.4) is 0 Å². The molecule has 0 rings (SSSR count). The van der Waals surface area contributed by atoms with Crippen molar-refractivity contribution in [3.8, 4) is 0 Å². The normalized spacial score (nSPS) is 1.71. The van der Waals surface area contributed by atoms with Gasteiger partial charge in [-0.2, -0.15) is 0 Å². The van der Waals surface area contributed by atoms with Gasteiger partial charge in [0.1, 0.15) is 0 Å². The Hall–Kier alpha value is 1.66. The predicted octanol–water partition coefficient (Wildman–Crippen LogP) is -8.27. The third-order valence-corrected chi connectivity index (χ3v) is 0. The van der Waals surface area contributed by atoms with E-state index in [0.717, 1.165) is 0 Å². The molecule has 0 atom stereocenters. The molecule has 0 bridgehead atoms. The molecule has 0 aliphatic carbocycles. The van der Waals surface area contributed by atoms with Crippen molar-refractivity contribution in [3.05, 3.63) is 0 Å². The molecule has 0 aromatic heterocycles. The third kappa shape index (κ3) is 89.0. The van der Waals surface area contributed by atoms with E-state index in [1.165, 1.54) is 0 Å². The summed E-state index contributed by atoms with van der Waals surface area (Å²) in [5, 5.41) is 0. The summed E-state index contributed by atoms with van der Waals surface area (Å²) in [5.41, 5.74) is 7.00. The summed E-state index contributed by atoms with van der Waals surface area (Å²) in [6, 6.07) is 0. The van der Waals surface area contributed by atoms with Crippen LogP contribution in [0.15, 0.2) is 0 Å². The Balaban J connectivity index is -0.00000000267. The Morgan fingerprint density at radius 3 is 0.714 bits per heavy atom. The minimum atomic E-state index is 0. The van der Waals surface area contributed by atoms with Crippen molar-refractivity contribution in [1.29, 1.82) is 0 Å². The minimum Gasteiger partial charge on any atom is -0.555 e. The van der Waals surface area contributed by atoms with Crippen LogP contribution in [0.5, 0.6) is 0 Å². The molecular formula is H20B4N2Sr. The van der Waals surface area contributed by atoms with E-state index < -0.39 is 0 Å². The van der Waals surface area contributed by atoms with Gasteiger partial charge < -0.3 is 11.3 Å². The van der Waals surface area contributed by atoms with Crippen LogP contribution in [0.1, 0.15) is 0 Å². The molecule has 0 aromatic rings. The summed E-state index contributed by atoms with van der Waals surface area (Å²) in [7, 11) is 1.00. The van der Waals surface area contributed by atoms with Crippen LogP contribution >= 0.6 is 0 Å². The van der Waals surface area contributed by atoms with Gasteiger partial charge in [0, 0.05) is 0 Å². The molecule has 0 saturated heterocycles. The van der Waals surface area contributed by atoms with E-state index in [2.05, 4.69) is 11.3 Å². The largest absolute Gasteiger partial charge is 2.00 e. The Bertz CT molecular complexity index is 9.65. The summed E-state index contributed by atoms with van der Waals surface area (Å²) >= 11 is 0. The summed E-state index contributed by atoms with van der Waals surface area (Å²) in [6.07, 6.45) is 0. The fourth-order valence-electron chi connectivity index (χ4n) is 0. The van der Waals surface area contributed by atoms with Gasteiger partial charge in [0.25, 0.3) is 0 Å². The van der Waals surface area contributed by atoms with E-state index in [1.807, 2.05) is 0 Å². The van der Waals surface area contributed by atoms with Crippen molar-refractivity contribution in [2.75, 3.05) is 0 Å². The summed E-state index contributed by atoms with van der Waals surface area (Å²) in [5.74, 6) is 0. The number of rotatable bonds is 0. The first kappa shape index (κ1) is 37.9. The smallest absolute Gasteiger partial charge is 0.555 e. The van der Waals surface area contributed by atoms with E-state index in [-0.39, 0.29) is 62.3 Å². The minimum absolute atomic E-state index is 0. The molecule has 0 spiro atoms. The Morgan fingerprint density at radius 1 is 0.714 bits per heavy atom. The first-order chi connectivity index (χ1) is 2.00. The molecule has 44 valence electrons. The maximum atomic E-state index is 3.50. The van der Waals surface area contributed by atoms with Gasteiger partial charge in [-0.15, -0.1) is 0 Å². The van der Waals surface area contributed by atoms with Gasteiger partial charge in [-0.1, -0.05) is 16.8 Å². The van der Waals surface area contributed by atoms with Crippen molar-refractivity contribution in [3.63, 3.8) is 0 Å². The van der Waals surface area contributed by atoms with E-state index >= 15 is 0 Å². The maximum absolute atomic E-state index is 3.50. The molecule has 0 aliphatic rings. The van der Waals surface area contributed by atoms with Crippen LogP contribution in [-0.4, -0.2) is 78.3 Å². The van der Waals surface area contributed by atoms with Gasteiger partial charge in [-0.3, -0.25) is 0 Å². The molecular weight excluding hydrogens is 159 g/mol. The molecule has 7 heavy (non-hydrogen) atoms. The summed E-state index contributed by atoms with van der Waals surface area (Å²) in [6.45, 7) is 0. The van der Waals surface area contributed by atoms with Gasteiger partial charge >= 0.3 is 45.5 Å². The van der Waals surface area contributed by atoms with Crippen molar-refractivity contribution in [1.82, 2.24) is 0 Å². The first-order valence-electron chi connectivity index (χ1n) is 0. The molecule has 0 fully saturated rings. The van der Waals surface area contributed by atoms with Gasteiger partial charge in [0.15, 0.2) is 16.0 Å². The van der Waals surface area contributed by atoms with E-state index in [4.69, 9.17) is 0 Å². The number of hydrogen-bond donors (Lipinski definition) is 2. The van der Waals surface area contributed by atoms with Gasteiger partial charge in [0.2, 0.25) is 0 Å². The van der Waals surface area contributed by atoms with Crippen LogP contribution in [0, 0.1) is 0 Å². The third-order valence-electron chi connectivity index (χ3n) is 0. The standard InChI is InChI=1S/2BH6N.2BH4.Sr/c2*1-2;;;/h2*1-2H3;2*1H4;/q;;2*-1;+2. The average Bonchev–Trinajstić information content (AvgIpc) is 1.50. The Morgan fingerprint density at radius 2 is 0.714 bits per heavy atom. The first-order valence-corrected chi connectivity index (χ1v) is 0. The molecule has 7 heteroatoms. The zero-order chi connectivity index (χ0) is 4.00. The second-order valence-corrected chi connectivity index (χ2v) is 0. The van der Waals surface area contributed by atoms with Gasteiger partial charge in [-0.25, -0.2) is 0 Å². The van der Waals surface area contributed by atoms with Gasteiger partial charge in [-0.05, 0) is 0 Å². The molecule has 2 nitrogen and oxygen atoms in total. The van der Waals surface area contributed by atoms with Crippen molar-refractivity contribution in [2.45, 2.75) is 0 Å². The van der Waals surface area contributed by atoms with Crippen LogP contribution in [0.4, 0.5) is 0 Å². The van der Waals surface area contributed by atoms with Gasteiger partial charge in [0.05, 0.1) is 0 Å². The quantitative estimate of drug-likeness (QED) is 0.347. The maximum Gasteiger partial charge on any atom is 2.00 e. The fraction of sp³-hybridized carbons (Fsp3) is 0. The fourth-order valence-corrected chi connectivity index (χ4v) is 0. The molecule has 0 aromatic carbocycles. The van der Waals surface area contributed by atoms with Crippen molar-refractivity contribution in [2.24, 2.45) is 0 Å². The second-order valence-electron chi connectivity index (χ2n) is 0. The molecule has 0 unspecified atom stereocenters. The average molecular weight is 179 g/mol. The number of hydrogen-bond acceptors (Lipinski definition) is 0. The van der Waals surface area contributed by atoms with Crippen LogP contribution in [0.2, 0.25) is 0 Å². The number of quaternary nitrogens is 2. The van der Waals surface area contributed by atoms with Crippen molar-refractivity contribution < 1.29 is 11.3 Å². The van der Waals surface area contributed by atoms with Crippen LogP contribution < -0.4 is 11.3 Å². The SMILES string of the molecule is [BH3-][NH3+].[BH3-][NH3+].[BH4-].[BH4-].[Sr+2]. The molecule has 0 saturated carbocycles. The predicted molar refractivity (Wildman–Crippen MR) is 54.1 cm³/mol. The summed E-state index contributed by atoms with van der Waals surface area (Å²) < 4.78 is 0. The molecule has 0 radical (unpaired) electrons. The van der Waals surface area contributed by atoms with E-state index in [1.54, 1.807) is 0 Å². The monoisotopic (exact) mass is 180 g/mol. The summed E-state index contributed by atoms with van der Waals surface area (Å²) in [4.78, 5) is 0. The topological polar surface area (TPSA) is 55.3 Å². The molecule has 0 heterocycles. The van der Waals surface area contributed by atoms with Crippen LogP contribution in [-0.2, 0) is 0 Å². The van der Waals surface area contributed by atoms with Crippen LogP contribution in [0.25, 0.3) is 0 Å². The second kappa shape index (κ2) is 123. The molecule has 0 aliphatic heterocycles. The Kier molecular flexibility index (Phi) is 668. The van der Waals surface area contributed by atoms with E-state index in [0.29, 0.717) is 16.0 Å². The molecule has 6 N–H and O–H groups in total. The van der Waals surface area contributed by atoms with Crippen molar-refractivity contribution >= 4 is 78.3 Å². The molecule has 0 amide bonds. The van der Waals surface area contributed by atoms with E-state index in [9.17, 15) is 0 Å². The Labute approximate surface area is 88.4 Å². The zero-order valence-electron chi connectivity index (χ0n) is 2.12.